The van der Waals surface area contributed by atoms with E-state index in [2.05, 4.69) is 10.3 Å². The smallest absolute Gasteiger partial charge is 0.0892 e. The highest BCUT2D eigenvalue weighted by atomic mass is 16.5. The van der Waals surface area contributed by atoms with Gasteiger partial charge in [0.25, 0.3) is 0 Å². The molecule has 2 unspecified atom stereocenters. The van der Waals surface area contributed by atoms with Crippen molar-refractivity contribution >= 4 is 0 Å². The third-order valence-corrected chi connectivity index (χ3v) is 3.24. The summed E-state index contributed by atoms with van der Waals surface area (Å²) in [6, 6.07) is 6.46. The van der Waals surface area contributed by atoms with Crippen molar-refractivity contribution in [2.75, 3.05) is 7.05 Å². The van der Waals surface area contributed by atoms with E-state index in [0.29, 0.717) is 18.8 Å². The molecule has 1 N–H and O–H groups in total. The standard InChI is InChI=1S/C13H20N2O/c1-14-12-7-2-3-8-13(12)16-10-11-6-4-5-9-15-11/h4-6,9,12-14H,2-3,7-8,10H2,1H3. The van der Waals surface area contributed by atoms with Crippen LogP contribution >= 0.6 is 0 Å². The lowest BCUT2D eigenvalue weighted by atomic mass is 9.92. The van der Waals surface area contributed by atoms with E-state index >= 15 is 0 Å². The van der Waals surface area contributed by atoms with Gasteiger partial charge in [0.05, 0.1) is 18.4 Å². The van der Waals surface area contributed by atoms with Crippen LogP contribution in [0, 0.1) is 0 Å². The highest BCUT2D eigenvalue weighted by molar-refractivity contribution is 5.02. The highest BCUT2D eigenvalue weighted by Crippen LogP contribution is 2.21. The van der Waals surface area contributed by atoms with E-state index in [9.17, 15) is 0 Å². The lowest BCUT2D eigenvalue weighted by Gasteiger charge is -2.31. The Morgan fingerprint density at radius 2 is 2.25 bits per heavy atom. The summed E-state index contributed by atoms with van der Waals surface area (Å²) >= 11 is 0. The molecule has 0 bridgehead atoms. The van der Waals surface area contributed by atoms with Crippen LogP contribution in [0.2, 0.25) is 0 Å². The van der Waals surface area contributed by atoms with E-state index in [1.165, 1.54) is 25.7 Å². The van der Waals surface area contributed by atoms with Crippen molar-refractivity contribution in [1.29, 1.82) is 0 Å². The molecule has 0 radical (unpaired) electrons. The first-order valence-corrected chi connectivity index (χ1v) is 6.09. The Bertz CT molecular complexity index is 302. The van der Waals surface area contributed by atoms with Crippen molar-refractivity contribution in [1.82, 2.24) is 10.3 Å². The monoisotopic (exact) mass is 220 g/mol. The van der Waals surface area contributed by atoms with Crippen molar-refractivity contribution in [2.24, 2.45) is 0 Å². The molecule has 0 aliphatic heterocycles. The molecule has 1 aromatic rings. The van der Waals surface area contributed by atoms with Gasteiger partial charge >= 0.3 is 0 Å². The van der Waals surface area contributed by atoms with Crippen LogP contribution in [0.3, 0.4) is 0 Å². The molecule has 1 saturated carbocycles. The summed E-state index contributed by atoms with van der Waals surface area (Å²) in [7, 11) is 2.02. The Morgan fingerprint density at radius 3 is 3.00 bits per heavy atom. The first-order chi connectivity index (χ1) is 7.90. The van der Waals surface area contributed by atoms with Crippen molar-refractivity contribution in [3.63, 3.8) is 0 Å². The average Bonchev–Trinajstić information content (AvgIpc) is 2.38. The molecule has 0 amide bonds. The Morgan fingerprint density at radius 1 is 1.38 bits per heavy atom. The molecule has 0 aromatic carbocycles. The predicted octanol–water partition coefficient (Wildman–Crippen LogP) is 2.13. The summed E-state index contributed by atoms with van der Waals surface area (Å²) in [6.07, 6.45) is 7.15. The summed E-state index contributed by atoms with van der Waals surface area (Å²) < 4.78 is 5.95. The molecule has 1 aromatic heterocycles. The molecule has 3 nitrogen and oxygen atoms in total. The van der Waals surface area contributed by atoms with Gasteiger partial charge in [-0.1, -0.05) is 18.9 Å². The van der Waals surface area contributed by atoms with Gasteiger partial charge in [-0.05, 0) is 32.0 Å². The van der Waals surface area contributed by atoms with Gasteiger partial charge in [0, 0.05) is 12.2 Å². The van der Waals surface area contributed by atoms with Crippen LogP contribution in [0.4, 0.5) is 0 Å². The Balaban J connectivity index is 1.84. The molecule has 16 heavy (non-hydrogen) atoms. The van der Waals surface area contributed by atoms with E-state index < -0.39 is 0 Å². The molecule has 2 atom stereocenters. The SMILES string of the molecule is CNC1CCCCC1OCc1ccccn1. The van der Waals surface area contributed by atoms with Crippen LogP contribution in [0.5, 0.6) is 0 Å². The largest absolute Gasteiger partial charge is 0.370 e. The van der Waals surface area contributed by atoms with Crippen molar-refractivity contribution in [3.05, 3.63) is 30.1 Å². The van der Waals surface area contributed by atoms with Gasteiger partial charge in [-0.3, -0.25) is 4.98 Å². The molecule has 1 fully saturated rings. The van der Waals surface area contributed by atoms with Crippen LogP contribution in [-0.2, 0) is 11.3 Å². The first kappa shape index (κ1) is 11.6. The molecule has 1 heterocycles. The first-order valence-electron chi connectivity index (χ1n) is 6.09. The summed E-state index contributed by atoms with van der Waals surface area (Å²) in [6.45, 7) is 0.629. The van der Waals surface area contributed by atoms with Gasteiger partial charge in [0.15, 0.2) is 0 Å². The molecule has 1 aliphatic rings. The second-order valence-electron chi connectivity index (χ2n) is 4.35. The summed E-state index contributed by atoms with van der Waals surface area (Å²) in [5.41, 5.74) is 1.02. The van der Waals surface area contributed by atoms with Gasteiger partial charge in [-0.2, -0.15) is 0 Å². The van der Waals surface area contributed by atoms with Crippen LogP contribution in [0.15, 0.2) is 24.4 Å². The molecule has 0 saturated heterocycles. The Labute approximate surface area is 97.2 Å². The fourth-order valence-electron chi connectivity index (χ4n) is 2.30. The number of likely N-dealkylation sites (N-methyl/N-ethyl adjacent to an activating group) is 1. The fourth-order valence-corrected chi connectivity index (χ4v) is 2.30. The molecule has 2 rings (SSSR count). The van der Waals surface area contributed by atoms with Crippen LogP contribution in [-0.4, -0.2) is 24.2 Å². The van der Waals surface area contributed by atoms with Gasteiger partial charge < -0.3 is 10.1 Å². The van der Waals surface area contributed by atoms with Crippen molar-refractivity contribution in [3.8, 4) is 0 Å². The maximum Gasteiger partial charge on any atom is 0.0892 e. The molecule has 3 heteroatoms. The van der Waals surface area contributed by atoms with Gasteiger partial charge in [0.2, 0.25) is 0 Å². The minimum atomic E-state index is 0.348. The maximum atomic E-state index is 5.95. The van der Waals surface area contributed by atoms with Gasteiger partial charge in [-0.25, -0.2) is 0 Å². The average molecular weight is 220 g/mol. The quantitative estimate of drug-likeness (QED) is 0.844. The summed E-state index contributed by atoms with van der Waals surface area (Å²) in [4.78, 5) is 4.27. The number of pyridine rings is 1. The molecular weight excluding hydrogens is 200 g/mol. The third kappa shape index (κ3) is 3.03. The maximum absolute atomic E-state index is 5.95. The van der Waals surface area contributed by atoms with Gasteiger partial charge in [0.1, 0.15) is 0 Å². The van der Waals surface area contributed by atoms with E-state index in [-0.39, 0.29) is 0 Å². The molecule has 0 spiro atoms. The summed E-state index contributed by atoms with van der Waals surface area (Å²) in [5.74, 6) is 0. The minimum absolute atomic E-state index is 0.348. The van der Waals surface area contributed by atoms with Crippen molar-refractivity contribution in [2.45, 2.75) is 44.4 Å². The third-order valence-electron chi connectivity index (χ3n) is 3.24. The molecular formula is C13H20N2O. The van der Waals surface area contributed by atoms with E-state index in [0.717, 1.165) is 5.69 Å². The zero-order chi connectivity index (χ0) is 11.2. The number of hydrogen-bond acceptors (Lipinski definition) is 3. The Hall–Kier alpha value is -0.930. The van der Waals surface area contributed by atoms with Crippen LogP contribution in [0.25, 0.3) is 0 Å². The number of nitrogens with zero attached hydrogens (tertiary/aromatic N) is 1. The molecule has 88 valence electrons. The van der Waals surface area contributed by atoms with Crippen LogP contribution in [0.1, 0.15) is 31.4 Å². The molecule has 1 aliphatic carbocycles. The lowest BCUT2D eigenvalue weighted by Crippen LogP contribution is -2.41. The minimum Gasteiger partial charge on any atom is -0.370 e. The van der Waals surface area contributed by atoms with Crippen molar-refractivity contribution < 1.29 is 4.74 Å². The van der Waals surface area contributed by atoms with E-state index in [4.69, 9.17) is 4.74 Å². The zero-order valence-corrected chi connectivity index (χ0v) is 9.86. The topological polar surface area (TPSA) is 34.1 Å². The number of rotatable bonds is 4. The number of aromatic nitrogens is 1. The fraction of sp³-hybridized carbons (Fsp3) is 0.615. The number of hydrogen-bond donors (Lipinski definition) is 1. The number of ether oxygens (including phenoxy) is 1. The zero-order valence-electron chi connectivity index (χ0n) is 9.86. The van der Waals surface area contributed by atoms with E-state index in [1.807, 2.05) is 31.4 Å². The van der Waals surface area contributed by atoms with Gasteiger partial charge in [-0.15, -0.1) is 0 Å². The van der Waals surface area contributed by atoms with Crippen LogP contribution < -0.4 is 5.32 Å². The highest BCUT2D eigenvalue weighted by Gasteiger charge is 2.24. The number of nitrogens with one attached hydrogen (secondary N) is 1. The Kier molecular flexibility index (Phi) is 4.31. The second kappa shape index (κ2) is 5.97. The lowest BCUT2D eigenvalue weighted by molar-refractivity contribution is -0.00500. The normalized spacial score (nSPS) is 25.6. The summed E-state index contributed by atoms with van der Waals surface area (Å²) in [5, 5.41) is 3.34. The second-order valence-corrected chi connectivity index (χ2v) is 4.35. The predicted molar refractivity (Wildman–Crippen MR) is 64.1 cm³/mol. The van der Waals surface area contributed by atoms with E-state index in [1.54, 1.807) is 0 Å².